The maximum absolute atomic E-state index is 12.0. The molecule has 0 aromatic heterocycles. The van der Waals surface area contributed by atoms with Crippen LogP contribution in [0.25, 0.3) is 0 Å². The van der Waals surface area contributed by atoms with Gasteiger partial charge in [-0.15, -0.1) is 0 Å². The van der Waals surface area contributed by atoms with Gasteiger partial charge in [0.25, 0.3) is 0 Å². The Kier molecular flexibility index (Phi) is 5.24. The third-order valence-electron chi connectivity index (χ3n) is 2.04. The van der Waals surface area contributed by atoms with Gasteiger partial charge in [0.1, 0.15) is 0 Å². The van der Waals surface area contributed by atoms with Crippen molar-refractivity contribution in [2.24, 2.45) is 0 Å². The van der Waals surface area contributed by atoms with E-state index >= 15 is 0 Å². The molecule has 0 aliphatic rings. The summed E-state index contributed by atoms with van der Waals surface area (Å²) in [5.74, 6) is 0. The SMILES string of the molecule is OC(CNCc1cc(Cl)ccc1Br)C(F)(F)F. The second-order valence-electron chi connectivity index (χ2n) is 3.42. The van der Waals surface area contributed by atoms with Gasteiger partial charge in [-0.25, -0.2) is 0 Å². The van der Waals surface area contributed by atoms with Gasteiger partial charge < -0.3 is 10.4 Å². The van der Waals surface area contributed by atoms with Crippen molar-refractivity contribution in [1.82, 2.24) is 5.32 Å². The fourth-order valence-electron chi connectivity index (χ4n) is 1.14. The predicted octanol–water partition coefficient (Wildman–Crippen LogP) is 3.12. The highest BCUT2D eigenvalue weighted by molar-refractivity contribution is 9.10. The van der Waals surface area contributed by atoms with Gasteiger partial charge in [0.15, 0.2) is 6.10 Å². The molecule has 1 unspecified atom stereocenters. The molecule has 0 saturated carbocycles. The number of aliphatic hydroxyl groups is 1. The summed E-state index contributed by atoms with van der Waals surface area (Å²) in [7, 11) is 0. The minimum atomic E-state index is -4.60. The molecule has 0 heterocycles. The molecular weight excluding hydrogens is 322 g/mol. The molecule has 0 bridgehead atoms. The Labute approximate surface area is 110 Å². The smallest absolute Gasteiger partial charge is 0.382 e. The fraction of sp³-hybridized carbons (Fsp3) is 0.400. The molecule has 0 aliphatic carbocycles. The Bertz CT molecular complexity index is 386. The van der Waals surface area contributed by atoms with Crippen LogP contribution in [0.15, 0.2) is 22.7 Å². The molecule has 17 heavy (non-hydrogen) atoms. The fourth-order valence-corrected chi connectivity index (χ4v) is 1.72. The molecule has 0 fully saturated rings. The van der Waals surface area contributed by atoms with Crippen molar-refractivity contribution in [1.29, 1.82) is 0 Å². The lowest BCUT2D eigenvalue weighted by molar-refractivity contribution is -0.201. The van der Waals surface area contributed by atoms with Crippen molar-refractivity contribution in [3.63, 3.8) is 0 Å². The first kappa shape index (κ1) is 14.8. The zero-order valence-electron chi connectivity index (χ0n) is 8.56. The molecule has 96 valence electrons. The molecule has 0 aliphatic heterocycles. The van der Waals surface area contributed by atoms with Crippen LogP contribution in [0.1, 0.15) is 5.56 Å². The lowest BCUT2D eigenvalue weighted by Gasteiger charge is -2.15. The van der Waals surface area contributed by atoms with Crippen molar-refractivity contribution in [2.45, 2.75) is 18.8 Å². The van der Waals surface area contributed by atoms with Crippen LogP contribution in [-0.4, -0.2) is 23.9 Å². The van der Waals surface area contributed by atoms with Gasteiger partial charge in [-0.1, -0.05) is 27.5 Å². The Morgan fingerprint density at radius 2 is 2.06 bits per heavy atom. The normalized spacial score (nSPS) is 13.8. The third kappa shape index (κ3) is 4.83. The monoisotopic (exact) mass is 331 g/mol. The van der Waals surface area contributed by atoms with E-state index in [4.69, 9.17) is 16.7 Å². The predicted molar refractivity (Wildman–Crippen MR) is 62.9 cm³/mol. The standard InChI is InChI=1S/C10H10BrClF3NO/c11-8-2-1-7(12)3-6(8)4-16-5-9(17)10(13,14)15/h1-3,9,16-17H,4-5H2. The molecule has 1 aromatic carbocycles. The van der Waals surface area contributed by atoms with Gasteiger partial charge >= 0.3 is 6.18 Å². The summed E-state index contributed by atoms with van der Waals surface area (Å²) in [6, 6.07) is 5.01. The Morgan fingerprint density at radius 3 is 2.65 bits per heavy atom. The molecular formula is C10H10BrClF3NO. The minimum absolute atomic E-state index is 0.189. The van der Waals surface area contributed by atoms with Crippen molar-refractivity contribution < 1.29 is 18.3 Å². The van der Waals surface area contributed by atoms with Crippen LogP contribution in [-0.2, 0) is 6.54 Å². The maximum Gasteiger partial charge on any atom is 0.415 e. The lowest BCUT2D eigenvalue weighted by Crippen LogP contribution is -2.38. The van der Waals surface area contributed by atoms with E-state index in [0.29, 0.717) is 5.02 Å². The molecule has 7 heteroatoms. The summed E-state index contributed by atoms with van der Waals surface area (Å²) in [5, 5.41) is 11.8. The molecule has 0 radical (unpaired) electrons. The summed E-state index contributed by atoms with van der Waals surface area (Å²) in [5.41, 5.74) is 0.729. The van der Waals surface area contributed by atoms with Crippen molar-refractivity contribution in [3.8, 4) is 0 Å². The summed E-state index contributed by atoms with van der Waals surface area (Å²) in [6.45, 7) is -0.364. The number of halogens is 5. The van der Waals surface area contributed by atoms with Crippen LogP contribution in [0.2, 0.25) is 5.02 Å². The third-order valence-corrected chi connectivity index (χ3v) is 3.05. The van der Waals surface area contributed by atoms with Crippen molar-refractivity contribution >= 4 is 27.5 Å². The Morgan fingerprint density at radius 1 is 1.41 bits per heavy atom. The zero-order valence-corrected chi connectivity index (χ0v) is 10.9. The van der Waals surface area contributed by atoms with Gasteiger partial charge in [0.05, 0.1) is 0 Å². The van der Waals surface area contributed by atoms with Crippen LogP contribution in [0.5, 0.6) is 0 Å². The second kappa shape index (κ2) is 6.04. The van der Waals surface area contributed by atoms with E-state index < -0.39 is 18.8 Å². The van der Waals surface area contributed by atoms with E-state index in [1.165, 1.54) is 0 Å². The molecule has 1 atom stereocenters. The van der Waals surface area contributed by atoms with Crippen LogP contribution in [0.3, 0.4) is 0 Å². The molecule has 2 N–H and O–H groups in total. The van der Waals surface area contributed by atoms with Gasteiger partial charge in [-0.05, 0) is 23.8 Å². The minimum Gasteiger partial charge on any atom is -0.382 e. The molecule has 1 rings (SSSR count). The number of aliphatic hydroxyl groups excluding tert-OH is 1. The van der Waals surface area contributed by atoms with Crippen LogP contribution >= 0.6 is 27.5 Å². The first-order valence-electron chi connectivity index (χ1n) is 4.70. The first-order valence-corrected chi connectivity index (χ1v) is 5.87. The average molecular weight is 333 g/mol. The molecule has 0 spiro atoms. The van der Waals surface area contributed by atoms with E-state index in [2.05, 4.69) is 21.2 Å². The number of rotatable bonds is 4. The highest BCUT2D eigenvalue weighted by atomic mass is 79.9. The first-order chi connectivity index (χ1) is 7.80. The summed E-state index contributed by atoms with van der Waals surface area (Å²) in [4.78, 5) is 0. The van der Waals surface area contributed by atoms with Gasteiger partial charge in [0.2, 0.25) is 0 Å². The van der Waals surface area contributed by atoms with E-state index in [-0.39, 0.29) is 6.54 Å². The van der Waals surface area contributed by atoms with E-state index in [0.717, 1.165) is 10.0 Å². The topological polar surface area (TPSA) is 32.3 Å². The number of hydrogen-bond donors (Lipinski definition) is 2. The highest BCUT2D eigenvalue weighted by Gasteiger charge is 2.37. The maximum atomic E-state index is 12.0. The van der Waals surface area contributed by atoms with E-state index in [1.54, 1.807) is 18.2 Å². The van der Waals surface area contributed by atoms with Crippen molar-refractivity contribution in [3.05, 3.63) is 33.3 Å². The van der Waals surface area contributed by atoms with Gasteiger partial charge in [0, 0.05) is 22.6 Å². The number of nitrogens with one attached hydrogen (secondary N) is 1. The van der Waals surface area contributed by atoms with Gasteiger partial charge in [-0.3, -0.25) is 0 Å². The van der Waals surface area contributed by atoms with Crippen molar-refractivity contribution in [2.75, 3.05) is 6.54 Å². The number of benzene rings is 1. The Balaban J connectivity index is 2.49. The quantitative estimate of drug-likeness (QED) is 0.888. The molecule has 2 nitrogen and oxygen atoms in total. The highest BCUT2D eigenvalue weighted by Crippen LogP contribution is 2.22. The summed E-state index contributed by atoms with van der Waals surface area (Å²) in [6.07, 6.45) is -6.96. The van der Waals surface area contributed by atoms with Crippen LogP contribution in [0, 0.1) is 0 Å². The second-order valence-corrected chi connectivity index (χ2v) is 4.71. The number of hydrogen-bond acceptors (Lipinski definition) is 2. The summed E-state index contributed by atoms with van der Waals surface area (Å²) >= 11 is 9.01. The average Bonchev–Trinajstić information content (AvgIpc) is 2.21. The van der Waals surface area contributed by atoms with E-state index in [1.807, 2.05) is 0 Å². The van der Waals surface area contributed by atoms with Crippen LogP contribution in [0.4, 0.5) is 13.2 Å². The molecule has 0 saturated heterocycles. The lowest BCUT2D eigenvalue weighted by atomic mass is 10.2. The summed E-state index contributed by atoms with van der Waals surface area (Å²) < 4.78 is 36.7. The number of alkyl halides is 3. The van der Waals surface area contributed by atoms with Gasteiger partial charge in [-0.2, -0.15) is 13.2 Å². The van der Waals surface area contributed by atoms with Crippen LogP contribution < -0.4 is 5.32 Å². The molecule has 0 amide bonds. The Hall–Kier alpha value is -0.300. The molecule has 1 aromatic rings. The van der Waals surface area contributed by atoms with E-state index in [9.17, 15) is 13.2 Å². The largest absolute Gasteiger partial charge is 0.415 e. The zero-order chi connectivity index (χ0) is 13.1.